The first-order valence-corrected chi connectivity index (χ1v) is 7.42. The van der Waals surface area contributed by atoms with E-state index >= 15 is 0 Å². The van der Waals surface area contributed by atoms with Crippen molar-refractivity contribution in [1.29, 1.82) is 0 Å². The SMILES string of the molecule is CCCCCC(C)(C)NC(=O)c1cc([N+](=O)[O-])cc([N+](=O)[O-])c1. The third-order valence-corrected chi connectivity index (χ3v) is 3.44. The Balaban J connectivity index is 2.98. The number of carbonyl (C=O) groups excluding carboxylic acids is 1. The van der Waals surface area contributed by atoms with Crippen LogP contribution in [0.5, 0.6) is 0 Å². The second-order valence-electron chi connectivity index (χ2n) is 6.05. The number of hydrogen-bond donors (Lipinski definition) is 1. The molecule has 0 fully saturated rings. The summed E-state index contributed by atoms with van der Waals surface area (Å²) in [5, 5.41) is 24.5. The Kier molecular flexibility index (Phi) is 6.18. The van der Waals surface area contributed by atoms with E-state index in [4.69, 9.17) is 0 Å². The molecule has 1 rings (SSSR count). The summed E-state index contributed by atoms with van der Waals surface area (Å²) >= 11 is 0. The molecule has 1 aromatic rings. The Bertz CT molecular complexity index is 581. The van der Waals surface area contributed by atoms with Crippen molar-refractivity contribution in [3.8, 4) is 0 Å². The molecule has 0 saturated carbocycles. The highest BCUT2D eigenvalue weighted by molar-refractivity contribution is 5.96. The molecule has 8 nitrogen and oxygen atoms in total. The first kappa shape index (κ1) is 18.5. The van der Waals surface area contributed by atoms with Gasteiger partial charge in [0.05, 0.1) is 21.5 Å². The molecule has 1 aromatic carbocycles. The van der Waals surface area contributed by atoms with E-state index in [0.717, 1.165) is 43.9 Å². The molecule has 0 bridgehead atoms. The normalized spacial score (nSPS) is 11.1. The largest absolute Gasteiger partial charge is 0.347 e. The van der Waals surface area contributed by atoms with E-state index in [1.54, 1.807) is 0 Å². The van der Waals surface area contributed by atoms with Gasteiger partial charge >= 0.3 is 0 Å². The van der Waals surface area contributed by atoms with Crippen LogP contribution in [0.25, 0.3) is 0 Å². The van der Waals surface area contributed by atoms with Gasteiger partial charge in [0.15, 0.2) is 0 Å². The van der Waals surface area contributed by atoms with Gasteiger partial charge in [-0.15, -0.1) is 0 Å². The van der Waals surface area contributed by atoms with Gasteiger partial charge in [-0.3, -0.25) is 25.0 Å². The maximum atomic E-state index is 12.3. The topological polar surface area (TPSA) is 115 Å². The van der Waals surface area contributed by atoms with Crippen molar-refractivity contribution in [2.45, 2.75) is 52.0 Å². The number of nitro groups is 2. The van der Waals surface area contributed by atoms with E-state index in [-0.39, 0.29) is 5.56 Å². The Morgan fingerprint density at radius 1 is 1.09 bits per heavy atom. The van der Waals surface area contributed by atoms with Gasteiger partial charge in [0, 0.05) is 17.7 Å². The van der Waals surface area contributed by atoms with Gasteiger partial charge in [0.1, 0.15) is 0 Å². The molecule has 23 heavy (non-hydrogen) atoms. The van der Waals surface area contributed by atoms with Crippen molar-refractivity contribution in [3.05, 3.63) is 44.0 Å². The molecule has 1 amide bonds. The van der Waals surface area contributed by atoms with Crippen molar-refractivity contribution in [2.24, 2.45) is 0 Å². The highest BCUT2D eigenvalue weighted by Gasteiger charge is 2.24. The molecule has 0 aromatic heterocycles. The number of hydrogen-bond acceptors (Lipinski definition) is 5. The number of amides is 1. The van der Waals surface area contributed by atoms with Crippen LogP contribution in [0.2, 0.25) is 0 Å². The van der Waals surface area contributed by atoms with Crippen LogP contribution >= 0.6 is 0 Å². The molecular weight excluding hydrogens is 302 g/mol. The number of non-ortho nitro benzene ring substituents is 2. The van der Waals surface area contributed by atoms with Crippen LogP contribution < -0.4 is 5.32 Å². The van der Waals surface area contributed by atoms with E-state index in [2.05, 4.69) is 12.2 Å². The van der Waals surface area contributed by atoms with Gasteiger partial charge in [-0.2, -0.15) is 0 Å². The number of benzene rings is 1. The molecule has 0 radical (unpaired) electrons. The minimum absolute atomic E-state index is 0.0885. The first-order valence-electron chi connectivity index (χ1n) is 7.42. The Morgan fingerprint density at radius 2 is 1.61 bits per heavy atom. The van der Waals surface area contributed by atoms with Gasteiger partial charge < -0.3 is 5.32 Å². The molecule has 1 N–H and O–H groups in total. The van der Waals surface area contributed by atoms with Crippen LogP contribution in [-0.4, -0.2) is 21.3 Å². The van der Waals surface area contributed by atoms with Crippen molar-refractivity contribution >= 4 is 17.3 Å². The van der Waals surface area contributed by atoms with Gasteiger partial charge in [-0.05, 0) is 20.3 Å². The molecule has 0 unspecified atom stereocenters. The molecule has 126 valence electrons. The molecule has 8 heteroatoms. The number of carbonyl (C=O) groups is 1. The Labute approximate surface area is 134 Å². The third kappa shape index (κ3) is 5.65. The van der Waals surface area contributed by atoms with Gasteiger partial charge in [0.25, 0.3) is 17.3 Å². The van der Waals surface area contributed by atoms with Crippen LogP contribution in [0.4, 0.5) is 11.4 Å². The van der Waals surface area contributed by atoms with Gasteiger partial charge in [-0.1, -0.05) is 26.2 Å². The molecule has 0 spiro atoms. The predicted octanol–water partition coefficient (Wildman–Crippen LogP) is 3.59. The zero-order valence-corrected chi connectivity index (χ0v) is 13.5. The lowest BCUT2D eigenvalue weighted by atomic mass is 9.96. The maximum Gasteiger partial charge on any atom is 0.277 e. The van der Waals surface area contributed by atoms with Crippen molar-refractivity contribution in [3.63, 3.8) is 0 Å². The zero-order valence-electron chi connectivity index (χ0n) is 13.5. The quantitative estimate of drug-likeness (QED) is 0.446. The lowest BCUT2D eigenvalue weighted by molar-refractivity contribution is -0.394. The summed E-state index contributed by atoms with van der Waals surface area (Å²) in [6.45, 7) is 5.78. The van der Waals surface area contributed by atoms with Gasteiger partial charge in [0.2, 0.25) is 0 Å². The minimum atomic E-state index is -0.754. The summed E-state index contributed by atoms with van der Waals surface area (Å²) in [7, 11) is 0. The summed E-state index contributed by atoms with van der Waals surface area (Å²) in [6.07, 6.45) is 3.80. The summed E-state index contributed by atoms with van der Waals surface area (Å²) in [6, 6.07) is 2.93. The molecule has 0 aliphatic rings. The fraction of sp³-hybridized carbons (Fsp3) is 0.533. The van der Waals surface area contributed by atoms with E-state index in [9.17, 15) is 25.0 Å². The van der Waals surface area contributed by atoms with Crippen LogP contribution in [0.15, 0.2) is 18.2 Å². The van der Waals surface area contributed by atoms with Crippen LogP contribution in [-0.2, 0) is 0 Å². The predicted molar refractivity (Wildman–Crippen MR) is 85.4 cm³/mol. The molecule has 0 aliphatic carbocycles. The average Bonchev–Trinajstić information content (AvgIpc) is 2.46. The zero-order chi connectivity index (χ0) is 17.6. The average molecular weight is 323 g/mol. The second-order valence-corrected chi connectivity index (χ2v) is 6.05. The number of rotatable bonds is 8. The number of nitrogens with one attached hydrogen (secondary N) is 1. The Morgan fingerprint density at radius 3 is 2.04 bits per heavy atom. The minimum Gasteiger partial charge on any atom is -0.347 e. The molecule has 0 atom stereocenters. The highest BCUT2D eigenvalue weighted by atomic mass is 16.6. The smallest absolute Gasteiger partial charge is 0.277 e. The molecule has 0 aliphatic heterocycles. The van der Waals surface area contributed by atoms with E-state index in [1.807, 2.05) is 13.8 Å². The Hall–Kier alpha value is -2.51. The monoisotopic (exact) mass is 323 g/mol. The molecule has 0 heterocycles. The number of unbranched alkanes of at least 4 members (excludes halogenated alkanes) is 2. The lowest BCUT2D eigenvalue weighted by Gasteiger charge is -2.26. The van der Waals surface area contributed by atoms with E-state index in [1.165, 1.54) is 0 Å². The molecule has 0 saturated heterocycles. The van der Waals surface area contributed by atoms with Crippen LogP contribution in [0.3, 0.4) is 0 Å². The fourth-order valence-electron chi connectivity index (χ4n) is 2.20. The standard InChI is InChI=1S/C15H21N3O5/c1-4-5-6-7-15(2,3)16-14(19)11-8-12(17(20)21)10-13(9-11)18(22)23/h8-10H,4-7H2,1-3H3,(H,16,19). The highest BCUT2D eigenvalue weighted by Crippen LogP contribution is 2.23. The second kappa shape index (κ2) is 7.66. The summed E-state index contributed by atoms with van der Waals surface area (Å²) in [4.78, 5) is 32.5. The maximum absolute atomic E-state index is 12.3. The summed E-state index contributed by atoms with van der Waals surface area (Å²) in [5.41, 5.74) is -1.54. The van der Waals surface area contributed by atoms with Crippen molar-refractivity contribution in [1.82, 2.24) is 5.32 Å². The van der Waals surface area contributed by atoms with E-state index < -0.39 is 32.7 Å². The lowest BCUT2D eigenvalue weighted by Crippen LogP contribution is -2.43. The van der Waals surface area contributed by atoms with Gasteiger partial charge in [-0.25, -0.2) is 0 Å². The summed E-state index contributed by atoms with van der Waals surface area (Å²) in [5.74, 6) is -0.557. The fourth-order valence-corrected chi connectivity index (χ4v) is 2.20. The van der Waals surface area contributed by atoms with Crippen molar-refractivity contribution in [2.75, 3.05) is 0 Å². The number of nitro benzene ring substituents is 2. The molecular formula is C15H21N3O5. The number of nitrogens with zero attached hydrogens (tertiary/aromatic N) is 2. The summed E-state index contributed by atoms with van der Waals surface area (Å²) < 4.78 is 0. The van der Waals surface area contributed by atoms with E-state index in [0.29, 0.717) is 0 Å². The first-order chi connectivity index (χ1) is 10.7. The van der Waals surface area contributed by atoms with Crippen molar-refractivity contribution < 1.29 is 14.6 Å². The van der Waals surface area contributed by atoms with Crippen LogP contribution in [0.1, 0.15) is 56.8 Å². The van der Waals surface area contributed by atoms with Crippen LogP contribution in [0, 0.1) is 20.2 Å². The third-order valence-electron chi connectivity index (χ3n) is 3.44.